The highest BCUT2D eigenvalue weighted by Crippen LogP contribution is 2.29. The van der Waals surface area contributed by atoms with Crippen molar-refractivity contribution in [1.29, 1.82) is 0 Å². The van der Waals surface area contributed by atoms with Crippen LogP contribution in [0.2, 0.25) is 0 Å². The maximum atomic E-state index is 5.54. The standard InChI is InChI=1S/C22H34N4O4/c1-11(2)15-19(27-7)25-17(21(23-15)29-9)13(5)14(6)18-22(30-10)24-16(12(3)4)20(26-18)28-8/h11-12,15-18H,5-6H2,1-4,7-10H3/t15-,16-,17+,18+/m0/s1. The zero-order chi connectivity index (χ0) is 22.6. The first-order valence-corrected chi connectivity index (χ1v) is 10.0. The van der Waals surface area contributed by atoms with Crippen LogP contribution < -0.4 is 0 Å². The van der Waals surface area contributed by atoms with Crippen molar-refractivity contribution in [2.75, 3.05) is 28.4 Å². The molecule has 8 heteroatoms. The Bertz CT molecular complexity index is 729. The third kappa shape index (κ3) is 4.57. The van der Waals surface area contributed by atoms with Gasteiger partial charge in [0.1, 0.15) is 12.1 Å². The van der Waals surface area contributed by atoms with Gasteiger partial charge in [0.15, 0.2) is 12.1 Å². The molecule has 0 spiro atoms. The van der Waals surface area contributed by atoms with E-state index >= 15 is 0 Å². The molecule has 30 heavy (non-hydrogen) atoms. The Balaban J connectivity index is 2.39. The fourth-order valence-electron chi connectivity index (χ4n) is 3.39. The smallest absolute Gasteiger partial charge is 0.214 e. The summed E-state index contributed by atoms with van der Waals surface area (Å²) in [5, 5.41) is 0. The summed E-state index contributed by atoms with van der Waals surface area (Å²) in [6.45, 7) is 16.7. The van der Waals surface area contributed by atoms with Gasteiger partial charge in [0.2, 0.25) is 23.6 Å². The minimum Gasteiger partial charge on any atom is -0.483 e. The van der Waals surface area contributed by atoms with Gasteiger partial charge < -0.3 is 18.9 Å². The van der Waals surface area contributed by atoms with Crippen molar-refractivity contribution in [3.8, 4) is 0 Å². The van der Waals surface area contributed by atoms with E-state index in [2.05, 4.69) is 40.9 Å². The average Bonchev–Trinajstić information content (AvgIpc) is 2.75. The van der Waals surface area contributed by atoms with Crippen molar-refractivity contribution in [1.82, 2.24) is 0 Å². The van der Waals surface area contributed by atoms with Gasteiger partial charge in [-0.1, -0.05) is 40.9 Å². The molecule has 0 radical (unpaired) electrons. The predicted octanol–water partition coefficient (Wildman–Crippen LogP) is 3.09. The van der Waals surface area contributed by atoms with Crippen molar-refractivity contribution in [2.45, 2.75) is 51.9 Å². The van der Waals surface area contributed by atoms with E-state index in [4.69, 9.17) is 38.9 Å². The molecule has 0 aliphatic carbocycles. The van der Waals surface area contributed by atoms with Crippen LogP contribution in [-0.2, 0) is 18.9 Å². The molecule has 2 aliphatic rings. The second-order valence-electron chi connectivity index (χ2n) is 7.92. The largest absolute Gasteiger partial charge is 0.483 e. The number of hydrogen-bond donors (Lipinski definition) is 0. The van der Waals surface area contributed by atoms with Crippen LogP contribution in [0.5, 0.6) is 0 Å². The summed E-state index contributed by atoms with van der Waals surface area (Å²) in [5.74, 6) is 2.41. The molecule has 0 aromatic rings. The molecule has 0 N–H and O–H groups in total. The lowest BCUT2D eigenvalue weighted by atomic mass is 9.92. The van der Waals surface area contributed by atoms with E-state index in [9.17, 15) is 0 Å². The van der Waals surface area contributed by atoms with Crippen LogP contribution in [-0.4, -0.2) is 76.2 Å². The third-order valence-corrected chi connectivity index (χ3v) is 5.19. The number of hydrogen-bond acceptors (Lipinski definition) is 8. The van der Waals surface area contributed by atoms with Crippen molar-refractivity contribution in [2.24, 2.45) is 31.8 Å². The molecular weight excluding hydrogens is 384 g/mol. The molecule has 0 aromatic carbocycles. The number of rotatable bonds is 5. The van der Waals surface area contributed by atoms with Crippen molar-refractivity contribution in [3.05, 3.63) is 24.3 Å². The molecule has 0 aromatic heterocycles. The van der Waals surface area contributed by atoms with Crippen LogP contribution in [0.25, 0.3) is 0 Å². The van der Waals surface area contributed by atoms with E-state index in [1.54, 1.807) is 28.4 Å². The molecule has 0 fully saturated rings. The molecular formula is C22H34N4O4. The van der Waals surface area contributed by atoms with E-state index in [-0.39, 0.29) is 23.9 Å². The highest BCUT2D eigenvalue weighted by atomic mass is 16.5. The highest BCUT2D eigenvalue weighted by Gasteiger charge is 2.37. The molecule has 166 valence electrons. The normalized spacial score (nSPS) is 26.3. The van der Waals surface area contributed by atoms with Crippen LogP contribution in [0.4, 0.5) is 0 Å². The lowest BCUT2D eigenvalue weighted by Crippen LogP contribution is -2.41. The molecule has 4 atom stereocenters. The molecule has 0 saturated carbocycles. The monoisotopic (exact) mass is 418 g/mol. The highest BCUT2D eigenvalue weighted by molar-refractivity contribution is 5.99. The molecule has 0 amide bonds. The van der Waals surface area contributed by atoms with E-state index in [0.717, 1.165) is 0 Å². The molecule has 2 rings (SSSR count). The Hall–Kier alpha value is -2.64. The van der Waals surface area contributed by atoms with Gasteiger partial charge in [-0.2, -0.15) is 0 Å². The Kier molecular flexibility index (Phi) is 7.81. The van der Waals surface area contributed by atoms with E-state index < -0.39 is 12.1 Å². The third-order valence-electron chi connectivity index (χ3n) is 5.19. The topological polar surface area (TPSA) is 86.4 Å². The summed E-state index contributed by atoms with van der Waals surface area (Å²) in [6, 6.07) is -1.54. The summed E-state index contributed by atoms with van der Waals surface area (Å²) in [5.41, 5.74) is 1.20. The maximum absolute atomic E-state index is 5.54. The van der Waals surface area contributed by atoms with Crippen molar-refractivity contribution < 1.29 is 18.9 Å². The predicted molar refractivity (Wildman–Crippen MR) is 121 cm³/mol. The van der Waals surface area contributed by atoms with E-state index in [0.29, 0.717) is 34.7 Å². The minimum atomic E-state index is -0.561. The summed E-state index contributed by atoms with van der Waals surface area (Å²) in [4.78, 5) is 18.8. The average molecular weight is 419 g/mol. The number of ether oxygens (including phenoxy) is 4. The van der Waals surface area contributed by atoms with E-state index in [1.165, 1.54) is 0 Å². The first-order valence-electron chi connectivity index (χ1n) is 10.0. The SMILES string of the molecule is C=C(C(=C)[C@H]1N=C(OC)[C@H](C(C)C)N=C1OC)[C@H]1N=C(OC)[C@H](C(C)C)N=C1OC. The van der Waals surface area contributed by atoms with Gasteiger partial charge in [0.05, 0.1) is 28.4 Å². The molecule has 0 bridgehead atoms. The summed E-state index contributed by atoms with van der Waals surface area (Å²) in [6.07, 6.45) is 0. The van der Waals surface area contributed by atoms with Crippen LogP contribution in [0.15, 0.2) is 44.3 Å². The fraction of sp³-hybridized carbons (Fsp3) is 0.636. The Morgan fingerprint density at radius 3 is 1.13 bits per heavy atom. The number of nitrogens with zero attached hydrogens (tertiary/aromatic N) is 4. The number of aliphatic imine (C=N–C) groups is 4. The first-order chi connectivity index (χ1) is 14.2. The Morgan fingerprint density at radius 1 is 0.600 bits per heavy atom. The fourth-order valence-corrected chi connectivity index (χ4v) is 3.39. The summed E-state index contributed by atoms with van der Waals surface area (Å²) in [7, 11) is 6.33. The van der Waals surface area contributed by atoms with Crippen LogP contribution in [0.3, 0.4) is 0 Å². The first kappa shape index (κ1) is 23.6. The zero-order valence-corrected chi connectivity index (χ0v) is 19.3. The van der Waals surface area contributed by atoms with Crippen molar-refractivity contribution in [3.63, 3.8) is 0 Å². The molecule has 0 unspecified atom stereocenters. The van der Waals surface area contributed by atoms with Gasteiger partial charge in [-0.3, -0.25) is 0 Å². The van der Waals surface area contributed by atoms with Crippen LogP contribution in [0.1, 0.15) is 27.7 Å². The van der Waals surface area contributed by atoms with Crippen LogP contribution >= 0.6 is 0 Å². The van der Waals surface area contributed by atoms with Crippen LogP contribution in [0, 0.1) is 11.8 Å². The van der Waals surface area contributed by atoms with Gasteiger partial charge in [-0.15, -0.1) is 0 Å². The maximum Gasteiger partial charge on any atom is 0.214 e. The molecule has 8 nitrogen and oxygen atoms in total. The second kappa shape index (κ2) is 9.91. The lowest BCUT2D eigenvalue weighted by Gasteiger charge is -2.31. The minimum absolute atomic E-state index is 0.207. The second-order valence-corrected chi connectivity index (χ2v) is 7.92. The van der Waals surface area contributed by atoms with Gasteiger partial charge in [0.25, 0.3) is 0 Å². The van der Waals surface area contributed by atoms with Gasteiger partial charge in [-0.05, 0) is 23.0 Å². The molecule has 2 heterocycles. The lowest BCUT2D eigenvalue weighted by molar-refractivity contribution is 0.334. The Morgan fingerprint density at radius 2 is 0.900 bits per heavy atom. The number of methoxy groups -OCH3 is 4. The van der Waals surface area contributed by atoms with Gasteiger partial charge in [-0.25, -0.2) is 20.0 Å². The van der Waals surface area contributed by atoms with E-state index in [1.807, 2.05) is 0 Å². The summed E-state index contributed by atoms with van der Waals surface area (Å²) < 4.78 is 22.1. The summed E-state index contributed by atoms with van der Waals surface area (Å²) >= 11 is 0. The molecule has 0 saturated heterocycles. The zero-order valence-electron chi connectivity index (χ0n) is 19.3. The molecule has 2 aliphatic heterocycles. The van der Waals surface area contributed by atoms with Gasteiger partial charge >= 0.3 is 0 Å². The quantitative estimate of drug-likeness (QED) is 0.642. The van der Waals surface area contributed by atoms with Crippen molar-refractivity contribution >= 4 is 23.6 Å². The van der Waals surface area contributed by atoms with Gasteiger partial charge in [0, 0.05) is 0 Å². The Labute approximate surface area is 179 Å².